The summed E-state index contributed by atoms with van der Waals surface area (Å²) in [5.74, 6) is 1.24. The van der Waals surface area contributed by atoms with Gasteiger partial charge in [-0.3, -0.25) is 5.32 Å². The molecule has 1 aromatic heterocycles. The lowest BCUT2D eigenvalue weighted by Gasteiger charge is -2.14. The number of nitrogens with one attached hydrogen (secondary N) is 2. The van der Waals surface area contributed by atoms with Crippen molar-refractivity contribution in [2.24, 2.45) is 0 Å². The standard InChI is InChI=1S/C20H20Cl2N4O2S/c1-3-12(2)14-6-4-5-7-17(14)28-11-18-25-26-20(29-18)24-19(27)23-13-8-9-15(21)16(22)10-13/h4-10,12H,3,11H2,1-2H3,(H2,23,24,26,27). The summed E-state index contributed by atoms with van der Waals surface area (Å²) in [4.78, 5) is 12.1. The highest BCUT2D eigenvalue weighted by atomic mass is 35.5. The molecule has 2 N–H and O–H groups in total. The molecule has 29 heavy (non-hydrogen) atoms. The van der Waals surface area contributed by atoms with E-state index in [4.69, 9.17) is 27.9 Å². The Morgan fingerprint density at radius 1 is 1.14 bits per heavy atom. The molecule has 6 nitrogen and oxygen atoms in total. The Morgan fingerprint density at radius 3 is 2.69 bits per heavy atom. The van der Waals surface area contributed by atoms with Crippen LogP contribution in [0.3, 0.4) is 0 Å². The van der Waals surface area contributed by atoms with Crippen LogP contribution in [0.15, 0.2) is 42.5 Å². The number of para-hydroxylation sites is 1. The number of rotatable bonds is 7. The molecule has 0 aliphatic heterocycles. The fraction of sp³-hybridized carbons (Fsp3) is 0.250. The molecule has 0 fully saturated rings. The van der Waals surface area contributed by atoms with E-state index in [9.17, 15) is 4.79 Å². The van der Waals surface area contributed by atoms with E-state index in [1.165, 1.54) is 16.9 Å². The zero-order valence-electron chi connectivity index (χ0n) is 15.9. The third-order valence-electron chi connectivity index (χ3n) is 4.28. The number of aromatic nitrogens is 2. The number of amides is 2. The number of anilines is 2. The zero-order chi connectivity index (χ0) is 20.8. The van der Waals surface area contributed by atoms with Gasteiger partial charge in [-0.1, -0.05) is 66.6 Å². The van der Waals surface area contributed by atoms with Crippen molar-refractivity contribution in [1.82, 2.24) is 10.2 Å². The SMILES string of the molecule is CCC(C)c1ccccc1OCc1nnc(NC(=O)Nc2ccc(Cl)c(Cl)c2)s1. The maximum atomic E-state index is 12.1. The Hall–Kier alpha value is -2.35. The van der Waals surface area contributed by atoms with Gasteiger partial charge in [-0.15, -0.1) is 10.2 Å². The minimum Gasteiger partial charge on any atom is -0.486 e. The average molecular weight is 451 g/mol. The van der Waals surface area contributed by atoms with E-state index in [1.807, 2.05) is 18.2 Å². The number of nitrogens with zero attached hydrogens (tertiary/aromatic N) is 2. The minimum absolute atomic E-state index is 0.279. The maximum absolute atomic E-state index is 12.1. The number of ether oxygens (including phenoxy) is 1. The highest BCUT2D eigenvalue weighted by molar-refractivity contribution is 7.15. The van der Waals surface area contributed by atoms with Crippen molar-refractivity contribution in [1.29, 1.82) is 0 Å². The molecule has 1 heterocycles. The summed E-state index contributed by atoms with van der Waals surface area (Å²) in [6.45, 7) is 4.59. The van der Waals surface area contributed by atoms with Crippen LogP contribution in [0.4, 0.5) is 15.6 Å². The van der Waals surface area contributed by atoms with Gasteiger partial charge in [-0.05, 0) is 42.2 Å². The van der Waals surface area contributed by atoms with Crippen molar-refractivity contribution in [3.63, 3.8) is 0 Å². The van der Waals surface area contributed by atoms with E-state index in [-0.39, 0.29) is 6.61 Å². The molecular formula is C20H20Cl2N4O2S. The molecule has 1 unspecified atom stereocenters. The number of urea groups is 1. The molecule has 0 radical (unpaired) electrons. The summed E-state index contributed by atoms with van der Waals surface area (Å²) in [5, 5.41) is 15.2. The van der Waals surface area contributed by atoms with E-state index in [0.717, 1.165) is 12.2 Å². The van der Waals surface area contributed by atoms with Gasteiger partial charge in [-0.25, -0.2) is 4.79 Å². The van der Waals surface area contributed by atoms with Gasteiger partial charge in [0.25, 0.3) is 0 Å². The molecule has 152 valence electrons. The fourth-order valence-corrected chi connectivity index (χ4v) is 3.52. The number of hydrogen-bond donors (Lipinski definition) is 2. The second kappa shape index (κ2) is 9.91. The Kier molecular flexibility index (Phi) is 7.30. The van der Waals surface area contributed by atoms with E-state index >= 15 is 0 Å². The summed E-state index contributed by atoms with van der Waals surface area (Å²) in [6.07, 6.45) is 1.03. The Bertz CT molecular complexity index is 996. The predicted molar refractivity (Wildman–Crippen MR) is 118 cm³/mol. The molecule has 0 spiro atoms. The summed E-state index contributed by atoms with van der Waals surface area (Å²) in [6, 6.07) is 12.4. The minimum atomic E-state index is -0.450. The van der Waals surface area contributed by atoms with Gasteiger partial charge in [-0.2, -0.15) is 0 Å². The summed E-state index contributed by atoms with van der Waals surface area (Å²) < 4.78 is 5.94. The first-order valence-electron chi connectivity index (χ1n) is 9.03. The molecule has 0 saturated heterocycles. The van der Waals surface area contributed by atoms with Gasteiger partial charge in [0.2, 0.25) is 5.13 Å². The molecule has 3 rings (SSSR count). The molecule has 2 aromatic carbocycles. The van der Waals surface area contributed by atoms with Crippen molar-refractivity contribution in [2.75, 3.05) is 10.6 Å². The molecule has 0 aliphatic rings. The van der Waals surface area contributed by atoms with E-state index in [1.54, 1.807) is 18.2 Å². The topological polar surface area (TPSA) is 76.1 Å². The molecule has 2 amide bonds. The van der Waals surface area contributed by atoms with Crippen LogP contribution in [-0.2, 0) is 6.61 Å². The largest absolute Gasteiger partial charge is 0.486 e. The normalized spacial score (nSPS) is 11.7. The quantitative estimate of drug-likeness (QED) is 0.425. The Morgan fingerprint density at radius 2 is 1.93 bits per heavy atom. The van der Waals surface area contributed by atoms with Gasteiger partial charge in [0, 0.05) is 5.69 Å². The van der Waals surface area contributed by atoms with E-state index in [2.05, 4.69) is 40.7 Å². The highest BCUT2D eigenvalue weighted by Crippen LogP contribution is 2.29. The maximum Gasteiger partial charge on any atom is 0.325 e. The monoisotopic (exact) mass is 450 g/mol. The number of benzene rings is 2. The van der Waals surface area contributed by atoms with Crippen LogP contribution in [0.5, 0.6) is 5.75 Å². The van der Waals surface area contributed by atoms with Crippen LogP contribution in [0.25, 0.3) is 0 Å². The lowest BCUT2D eigenvalue weighted by Crippen LogP contribution is -2.19. The first-order chi connectivity index (χ1) is 14.0. The van der Waals surface area contributed by atoms with Crippen molar-refractivity contribution in [3.05, 3.63) is 63.1 Å². The van der Waals surface area contributed by atoms with Crippen LogP contribution in [0.1, 0.15) is 36.8 Å². The van der Waals surface area contributed by atoms with Crippen LogP contribution in [0.2, 0.25) is 10.0 Å². The molecular weight excluding hydrogens is 431 g/mol. The fourth-order valence-electron chi connectivity index (χ4n) is 2.57. The number of halogens is 2. The number of carbonyl (C=O) groups is 1. The molecule has 0 bridgehead atoms. The number of carbonyl (C=O) groups excluding carboxylic acids is 1. The van der Waals surface area contributed by atoms with Crippen LogP contribution in [0, 0.1) is 0 Å². The Balaban J connectivity index is 1.57. The summed E-state index contributed by atoms with van der Waals surface area (Å²) >= 11 is 13.1. The third-order valence-corrected chi connectivity index (χ3v) is 5.83. The second-order valence-corrected chi connectivity index (χ2v) is 8.22. The van der Waals surface area contributed by atoms with Gasteiger partial charge in [0.15, 0.2) is 5.01 Å². The third kappa shape index (κ3) is 5.82. The van der Waals surface area contributed by atoms with Gasteiger partial charge in [0.1, 0.15) is 12.4 Å². The second-order valence-electron chi connectivity index (χ2n) is 6.34. The lowest BCUT2D eigenvalue weighted by atomic mass is 9.98. The first kappa shape index (κ1) is 21.4. The van der Waals surface area contributed by atoms with Crippen LogP contribution in [-0.4, -0.2) is 16.2 Å². The zero-order valence-corrected chi connectivity index (χ0v) is 18.2. The first-order valence-corrected chi connectivity index (χ1v) is 10.6. The van der Waals surface area contributed by atoms with Crippen LogP contribution >= 0.6 is 34.5 Å². The predicted octanol–water partition coefficient (Wildman–Crippen LogP) is 6.58. The van der Waals surface area contributed by atoms with Gasteiger partial charge < -0.3 is 10.1 Å². The highest BCUT2D eigenvalue weighted by Gasteiger charge is 2.12. The molecule has 3 aromatic rings. The van der Waals surface area contributed by atoms with Crippen molar-refractivity contribution in [3.8, 4) is 5.75 Å². The van der Waals surface area contributed by atoms with Crippen molar-refractivity contribution < 1.29 is 9.53 Å². The van der Waals surface area contributed by atoms with Crippen LogP contribution < -0.4 is 15.4 Å². The molecule has 9 heteroatoms. The van der Waals surface area contributed by atoms with Gasteiger partial charge >= 0.3 is 6.03 Å². The summed E-state index contributed by atoms with van der Waals surface area (Å²) in [7, 11) is 0. The van der Waals surface area contributed by atoms with Gasteiger partial charge in [0.05, 0.1) is 10.0 Å². The van der Waals surface area contributed by atoms with E-state index < -0.39 is 6.03 Å². The summed E-state index contributed by atoms with van der Waals surface area (Å²) in [5.41, 5.74) is 1.69. The lowest BCUT2D eigenvalue weighted by molar-refractivity contribution is 0.262. The van der Waals surface area contributed by atoms with Crippen molar-refractivity contribution in [2.45, 2.75) is 32.8 Å². The average Bonchev–Trinajstić information content (AvgIpc) is 3.16. The van der Waals surface area contributed by atoms with Crippen molar-refractivity contribution >= 4 is 51.4 Å². The Labute approximate surface area is 183 Å². The van der Waals surface area contributed by atoms with E-state index in [0.29, 0.717) is 31.8 Å². The molecule has 1 atom stereocenters. The smallest absolute Gasteiger partial charge is 0.325 e. The number of hydrogen-bond acceptors (Lipinski definition) is 5. The molecule has 0 aliphatic carbocycles. The molecule has 0 saturated carbocycles.